The predicted molar refractivity (Wildman–Crippen MR) is 123 cm³/mol. The van der Waals surface area contributed by atoms with Crippen molar-refractivity contribution in [2.24, 2.45) is 0 Å². The normalized spacial score (nSPS) is 12.0. The number of nitrogens with one attached hydrogen (secondary N) is 1. The Hall–Kier alpha value is -2.34. The molecule has 1 N–H and O–H groups in total. The highest BCUT2D eigenvalue weighted by molar-refractivity contribution is 9.10. The third kappa shape index (κ3) is 6.87. The average molecular weight is 475 g/mol. The second kappa shape index (κ2) is 11.2. The summed E-state index contributed by atoms with van der Waals surface area (Å²) in [6.07, 6.45) is 0. The van der Waals surface area contributed by atoms with Crippen molar-refractivity contribution in [1.82, 2.24) is 10.2 Å². The molecule has 2 amide bonds. The fourth-order valence-electron chi connectivity index (χ4n) is 2.98. The van der Waals surface area contributed by atoms with Crippen LogP contribution in [0.15, 0.2) is 53.0 Å². The van der Waals surface area contributed by atoms with Crippen molar-refractivity contribution in [3.63, 3.8) is 0 Å². The summed E-state index contributed by atoms with van der Waals surface area (Å²) in [7, 11) is 0. The zero-order chi connectivity index (χ0) is 22.3. The van der Waals surface area contributed by atoms with Crippen LogP contribution in [0.2, 0.25) is 0 Å². The molecule has 0 aromatic heterocycles. The Morgan fingerprint density at radius 1 is 1.03 bits per heavy atom. The van der Waals surface area contributed by atoms with Gasteiger partial charge in [0.1, 0.15) is 11.8 Å². The largest absolute Gasteiger partial charge is 0.483 e. The van der Waals surface area contributed by atoms with Crippen LogP contribution in [0.3, 0.4) is 0 Å². The molecule has 2 rings (SSSR count). The Kier molecular flexibility index (Phi) is 8.90. The van der Waals surface area contributed by atoms with E-state index < -0.39 is 6.04 Å². The minimum atomic E-state index is -0.615. The first-order chi connectivity index (χ1) is 14.2. The molecule has 6 heteroatoms. The Bertz CT molecular complexity index is 853. The Balaban J connectivity index is 2.14. The predicted octanol–water partition coefficient (Wildman–Crippen LogP) is 4.89. The summed E-state index contributed by atoms with van der Waals surface area (Å²) in [5.74, 6) is 0.576. The van der Waals surface area contributed by atoms with Crippen LogP contribution in [0.1, 0.15) is 51.7 Å². The number of amides is 2. The van der Waals surface area contributed by atoms with Crippen LogP contribution in [0, 0.1) is 0 Å². The summed E-state index contributed by atoms with van der Waals surface area (Å²) in [6, 6.07) is 14.9. The molecule has 0 aliphatic carbocycles. The average Bonchev–Trinajstić information content (AvgIpc) is 2.70. The molecule has 0 spiro atoms. The molecule has 0 aliphatic heterocycles. The van der Waals surface area contributed by atoms with Gasteiger partial charge in [0.25, 0.3) is 5.91 Å². The Labute approximate surface area is 187 Å². The monoisotopic (exact) mass is 474 g/mol. The maximum absolute atomic E-state index is 13.0. The lowest BCUT2D eigenvalue weighted by Gasteiger charge is -2.29. The first-order valence-electron chi connectivity index (χ1n) is 10.2. The van der Waals surface area contributed by atoms with Crippen LogP contribution >= 0.6 is 15.9 Å². The molecule has 0 bridgehead atoms. The lowest BCUT2D eigenvalue weighted by Crippen LogP contribution is -2.50. The summed E-state index contributed by atoms with van der Waals surface area (Å²) in [5.41, 5.74) is 2.14. The second-order valence-electron chi connectivity index (χ2n) is 7.98. The molecule has 5 nitrogen and oxygen atoms in total. The maximum Gasteiger partial charge on any atom is 0.261 e. The number of rotatable bonds is 9. The smallest absolute Gasteiger partial charge is 0.261 e. The number of nitrogens with zero attached hydrogens (tertiary/aromatic N) is 1. The lowest BCUT2D eigenvalue weighted by molar-refractivity contribution is -0.142. The third-order valence-corrected chi connectivity index (χ3v) is 5.39. The number of halogens is 1. The molecule has 0 saturated heterocycles. The quantitative estimate of drug-likeness (QED) is 0.562. The fourth-order valence-corrected chi connectivity index (χ4v) is 3.49. The lowest BCUT2D eigenvalue weighted by atomic mass is 10.0. The highest BCUT2D eigenvalue weighted by Crippen LogP contribution is 2.29. The first kappa shape index (κ1) is 23.9. The van der Waals surface area contributed by atoms with Crippen LogP contribution in [0.4, 0.5) is 0 Å². The Morgan fingerprint density at radius 2 is 1.70 bits per heavy atom. The molecule has 30 heavy (non-hydrogen) atoms. The Morgan fingerprint density at radius 3 is 2.27 bits per heavy atom. The van der Waals surface area contributed by atoms with E-state index in [1.807, 2.05) is 62.4 Å². The number of ether oxygens (including phenoxy) is 1. The van der Waals surface area contributed by atoms with Crippen molar-refractivity contribution in [3.05, 3.63) is 64.1 Å². The van der Waals surface area contributed by atoms with Gasteiger partial charge in [0.2, 0.25) is 5.91 Å². The van der Waals surface area contributed by atoms with Crippen molar-refractivity contribution in [3.8, 4) is 5.75 Å². The molecule has 2 aromatic rings. The third-order valence-electron chi connectivity index (χ3n) is 4.77. The van der Waals surface area contributed by atoms with Gasteiger partial charge in [-0.15, -0.1) is 0 Å². The molecule has 0 fully saturated rings. The van der Waals surface area contributed by atoms with Gasteiger partial charge >= 0.3 is 0 Å². The van der Waals surface area contributed by atoms with Gasteiger partial charge in [-0.25, -0.2) is 0 Å². The molecule has 2 aromatic carbocycles. The van der Waals surface area contributed by atoms with Gasteiger partial charge in [-0.1, -0.05) is 50.2 Å². The summed E-state index contributed by atoms with van der Waals surface area (Å²) in [4.78, 5) is 27.2. The standard InChI is InChI=1S/C24H31BrN2O3/c1-16(2)20-11-12-22(21(25)13-20)30-15-23(28)27(14-19-9-7-6-8-10-19)18(5)24(29)26-17(3)4/h6-13,16-18H,14-15H2,1-5H3,(H,26,29). The van der Waals surface area contributed by atoms with Gasteiger partial charge in [0.15, 0.2) is 6.61 Å². The van der Waals surface area contributed by atoms with E-state index in [1.165, 1.54) is 5.56 Å². The van der Waals surface area contributed by atoms with E-state index in [4.69, 9.17) is 4.74 Å². The van der Waals surface area contributed by atoms with Crippen molar-refractivity contribution in [1.29, 1.82) is 0 Å². The second-order valence-corrected chi connectivity index (χ2v) is 8.83. The molecule has 0 saturated carbocycles. The van der Waals surface area contributed by atoms with E-state index in [9.17, 15) is 9.59 Å². The molecule has 1 atom stereocenters. The number of carbonyl (C=O) groups excluding carboxylic acids is 2. The minimum Gasteiger partial charge on any atom is -0.483 e. The van der Waals surface area contributed by atoms with Gasteiger partial charge in [-0.05, 0) is 65.9 Å². The number of carbonyl (C=O) groups is 2. The van der Waals surface area contributed by atoms with E-state index in [0.29, 0.717) is 18.2 Å². The van der Waals surface area contributed by atoms with E-state index in [2.05, 4.69) is 35.1 Å². The van der Waals surface area contributed by atoms with E-state index in [1.54, 1.807) is 11.8 Å². The molecule has 162 valence electrons. The van der Waals surface area contributed by atoms with Crippen LogP contribution in [-0.4, -0.2) is 35.4 Å². The zero-order valence-corrected chi connectivity index (χ0v) is 19.9. The van der Waals surface area contributed by atoms with Gasteiger partial charge in [-0.3, -0.25) is 9.59 Å². The van der Waals surface area contributed by atoms with Crippen LogP contribution in [-0.2, 0) is 16.1 Å². The number of benzene rings is 2. The maximum atomic E-state index is 13.0. The minimum absolute atomic E-state index is 0.000282. The van der Waals surface area contributed by atoms with E-state index in [0.717, 1.165) is 10.0 Å². The van der Waals surface area contributed by atoms with Gasteiger partial charge in [0.05, 0.1) is 4.47 Å². The van der Waals surface area contributed by atoms with Crippen molar-refractivity contribution >= 4 is 27.7 Å². The zero-order valence-electron chi connectivity index (χ0n) is 18.3. The van der Waals surface area contributed by atoms with E-state index in [-0.39, 0.29) is 24.5 Å². The summed E-state index contributed by atoms with van der Waals surface area (Å²) in [5, 5.41) is 2.88. The molecular formula is C24H31BrN2O3. The highest BCUT2D eigenvalue weighted by atomic mass is 79.9. The first-order valence-corrected chi connectivity index (χ1v) is 11.0. The van der Waals surface area contributed by atoms with Gasteiger partial charge < -0.3 is 15.0 Å². The van der Waals surface area contributed by atoms with Crippen molar-refractivity contribution < 1.29 is 14.3 Å². The molecule has 1 unspecified atom stereocenters. The molecule has 0 heterocycles. The van der Waals surface area contributed by atoms with Crippen LogP contribution in [0.5, 0.6) is 5.75 Å². The summed E-state index contributed by atoms with van der Waals surface area (Å²) < 4.78 is 6.60. The summed E-state index contributed by atoms with van der Waals surface area (Å²) in [6.45, 7) is 9.97. The molecular weight excluding hydrogens is 444 g/mol. The molecule has 0 radical (unpaired) electrons. The number of hydrogen-bond donors (Lipinski definition) is 1. The van der Waals surface area contributed by atoms with Crippen LogP contribution < -0.4 is 10.1 Å². The van der Waals surface area contributed by atoms with E-state index >= 15 is 0 Å². The molecule has 0 aliphatic rings. The SMILES string of the molecule is CC(C)NC(=O)C(C)N(Cc1ccccc1)C(=O)COc1ccc(C(C)C)cc1Br. The van der Waals surface area contributed by atoms with Gasteiger partial charge in [0, 0.05) is 12.6 Å². The fraction of sp³-hybridized carbons (Fsp3) is 0.417. The summed E-state index contributed by atoms with van der Waals surface area (Å²) >= 11 is 3.52. The topological polar surface area (TPSA) is 58.6 Å². The van der Waals surface area contributed by atoms with Crippen molar-refractivity contribution in [2.75, 3.05) is 6.61 Å². The van der Waals surface area contributed by atoms with Crippen molar-refractivity contribution in [2.45, 2.75) is 59.2 Å². The number of hydrogen-bond acceptors (Lipinski definition) is 3. The highest BCUT2D eigenvalue weighted by Gasteiger charge is 2.27. The van der Waals surface area contributed by atoms with Gasteiger partial charge in [-0.2, -0.15) is 0 Å². The van der Waals surface area contributed by atoms with Crippen LogP contribution in [0.25, 0.3) is 0 Å².